The second-order valence-corrected chi connectivity index (χ2v) is 3.86. The summed E-state index contributed by atoms with van der Waals surface area (Å²) in [6.45, 7) is 0.372. The van der Waals surface area contributed by atoms with Gasteiger partial charge in [-0.3, -0.25) is 0 Å². The second-order valence-electron chi connectivity index (χ2n) is 3.86. The second kappa shape index (κ2) is 5.11. The maximum atomic E-state index is 9.71. The van der Waals surface area contributed by atoms with Crippen LogP contribution in [0.4, 0.5) is 11.4 Å². The van der Waals surface area contributed by atoms with Crippen molar-refractivity contribution in [1.82, 2.24) is 0 Å². The SMILES string of the molecule is N#Cc1ccccc1NCc1c(N)cccc1O. The van der Waals surface area contributed by atoms with Crippen LogP contribution in [-0.2, 0) is 6.54 Å². The van der Waals surface area contributed by atoms with E-state index in [9.17, 15) is 5.11 Å². The first-order chi connectivity index (χ1) is 8.72. The number of hydrogen-bond donors (Lipinski definition) is 3. The van der Waals surface area contributed by atoms with Crippen LogP contribution in [0.2, 0.25) is 0 Å². The molecule has 0 heterocycles. The number of aromatic hydroxyl groups is 1. The number of nitrogens with two attached hydrogens (primary N) is 1. The monoisotopic (exact) mass is 239 g/mol. The molecular weight excluding hydrogens is 226 g/mol. The van der Waals surface area contributed by atoms with Crippen LogP contribution in [0, 0.1) is 11.3 Å². The van der Waals surface area contributed by atoms with Crippen molar-refractivity contribution in [2.75, 3.05) is 11.1 Å². The smallest absolute Gasteiger partial charge is 0.122 e. The molecular formula is C14H13N3O. The Bertz CT molecular complexity index is 582. The van der Waals surface area contributed by atoms with Crippen LogP contribution in [0.1, 0.15) is 11.1 Å². The van der Waals surface area contributed by atoms with E-state index in [0.717, 1.165) is 5.69 Å². The number of anilines is 2. The van der Waals surface area contributed by atoms with Crippen LogP contribution in [0.3, 0.4) is 0 Å². The van der Waals surface area contributed by atoms with Gasteiger partial charge >= 0.3 is 0 Å². The van der Waals surface area contributed by atoms with Crippen molar-refractivity contribution in [1.29, 1.82) is 5.26 Å². The Morgan fingerprint density at radius 3 is 2.67 bits per heavy atom. The summed E-state index contributed by atoms with van der Waals surface area (Å²) in [5.41, 5.74) is 8.23. The van der Waals surface area contributed by atoms with Crippen molar-refractivity contribution in [2.24, 2.45) is 0 Å². The zero-order chi connectivity index (χ0) is 13.0. The maximum Gasteiger partial charge on any atom is 0.122 e. The lowest BCUT2D eigenvalue weighted by molar-refractivity contribution is 0.469. The van der Waals surface area contributed by atoms with Gasteiger partial charge in [-0.15, -0.1) is 0 Å². The summed E-state index contributed by atoms with van der Waals surface area (Å²) in [6, 6.07) is 14.3. The molecule has 2 rings (SSSR count). The molecule has 0 unspecified atom stereocenters. The van der Waals surface area contributed by atoms with Crippen molar-refractivity contribution < 1.29 is 5.11 Å². The molecule has 18 heavy (non-hydrogen) atoms. The Morgan fingerprint density at radius 1 is 1.17 bits per heavy atom. The summed E-state index contributed by atoms with van der Waals surface area (Å²) in [6.07, 6.45) is 0. The minimum atomic E-state index is 0.150. The molecule has 2 aromatic carbocycles. The van der Waals surface area contributed by atoms with Gasteiger partial charge in [0, 0.05) is 17.8 Å². The van der Waals surface area contributed by atoms with Crippen molar-refractivity contribution in [3.05, 3.63) is 53.6 Å². The number of nitriles is 1. The fourth-order valence-electron chi connectivity index (χ4n) is 1.70. The highest BCUT2D eigenvalue weighted by atomic mass is 16.3. The fourth-order valence-corrected chi connectivity index (χ4v) is 1.70. The summed E-state index contributed by atoms with van der Waals surface area (Å²) in [5, 5.41) is 21.8. The topological polar surface area (TPSA) is 82.1 Å². The minimum absolute atomic E-state index is 0.150. The molecule has 0 fully saturated rings. The zero-order valence-electron chi connectivity index (χ0n) is 9.72. The van der Waals surface area contributed by atoms with Crippen molar-refractivity contribution >= 4 is 11.4 Å². The Hall–Kier alpha value is -2.67. The predicted octanol–water partition coefficient (Wildman–Crippen LogP) is 2.46. The van der Waals surface area contributed by atoms with Crippen LogP contribution in [0.5, 0.6) is 5.75 Å². The molecule has 0 aliphatic heterocycles. The van der Waals surface area contributed by atoms with Crippen LogP contribution in [0.15, 0.2) is 42.5 Å². The number of hydrogen-bond acceptors (Lipinski definition) is 4. The highest BCUT2D eigenvalue weighted by Gasteiger charge is 2.06. The normalized spacial score (nSPS) is 9.72. The summed E-state index contributed by atoms with van der Waals surface area (Å²) in [4.78, 5) is 0. The van der Waals surface area contributed by atoms with Gasteiger partial charge in [-0.2, -0.15) is 5.26 Å². The Morgan fingerprint density at radius 2 is 1.94 bits per heavy atom. The van der Waals surface area contributed by atoms with Gasteiger partial charge < -0.3 is 16.2 Å². The number of rotatable bonds is 3. The Labute approximate surface area is 105 Å². The number of benzene rings is 2. The Balaban J connectivity index is 2.20. The van der Waals surface area contributed by atoms with Gasteiger partial charge in [0.2, 0.25) is 0 Å². The number of nitrogens with zero attached hydrogens (tertiary/aromatic N) is 1. The average Bonchev–Trinajstić information content (AvgIpc) is 2.38. The molecule has 0 radical (unpaired) electrons. The van der Waals surface area contributed by atoms with E-state index >= 15 is 0 Å². The standard InChI is InChI=1S/C14H13N3O/c15-8-10-4-1-2-6-13(10)17-9-11-12(16)5-3-7-14(11)18/h1-7,17-18H,9,16H2. The van der Waals surface area contributed by atoms with Gasteiger partial charge in [0.1, 0.15) is 11.8 Å². The number of nitrogens with one attached hydrogen (secondary N) is 1. The number of para-hydroxylation sites is 1. The largest absolute Gasteiger partial charge is 0.508 e. The van der Waals surface area contributed by atoms with E-state index in [1.165, 1.54) is 0 Å². The molecule has 0 atom stereocenters. The molecule has 0 bridgehead atoms. The number of phenolic OH excluding ortho intramolecular Hbond substituents is 1. The summed E-state index contributed by atoms with van der Waals surface area (Å²) < 4.78 is 0. The van der Waals surface area contributed by atoms with Gasteiger partial charge in [0.15, 0.2) is 0 Å². The lowest BCUT2D eigenvalue weighted by atomic mass is 10.1. The third-order valence-electron chi connectivity index (χ3n) is 2.69. The lowest BCUT2D eigenvalue weighted by Gasteiger charge is -2.11. The maximum absolute atomic E-state index is 9.71. The molecule has 4 heteroatoms. The molecule has 0 aliphatic rings. The van der Waals surface area contributed by atoms with Crippen molar-refractivity contribution in [2.45, 2.75) is 6.54 Å². The molecule has 0 spiro atoms. The van der Waals surface area contributed by atoms with Gasteiger partial charge in [-0.25, -0.2) is 0 Å². The molecule has 2 aromatic rings. The molecule has 0 aliphatic carbocycles. The van der Waals surface area contributed by atoms with Gasteiger partial charge in [-0.1, -0.05) is 18.2 Å². The summed E-state index contributed by atoms with van der Waals surface area (Å²) in [5.74, 6) is 0.150. The average molecular weight is 239 g/mol. The molecule has 4 N–H and O–H groups in total. The van der Waals surface area contributed by atoms with Crippen LogP contribution in [-0.4, -0.2) is 5.11 Å². The molecule has 0 saturated heterocycles. The van der Waals surface area contributed by atoms with Gasteiger partial charge in [0.25, 0.3) is 0 Å². The van der Waals surface area contributed by atoms with E-state index in [2.05, 4.69) is 11.4 Å². The third kappa shape index (κ3) is 2.36. The number of phenols is 1. The molecule has 0 aromatic heterocycles. The van der Waals surface area contributed by atoms with E-state index in [0.29, 0.717) is 23.4 Å². The lowest BCUT2D eigenvalue weighted by Crippen LogP contribution is -2.04. The Kier molecular flexibility index (Phi) is 3.35. The van der Waals surface area contributed by atoms with Crippen molar-refractivity contribution in [3.63, 3.8) is 0 Å². The van der Waals surface area contributed by atoms with E-state index in [1.54, 1.807) is 30.3 Å². The third-order valence-corrected chi connectivity index (χ3v) is 2.69. The minimum Gasteiger partial charge on any atom is -0.508 e. The number of nitrogen functional groups attached to an aromatic ring is 1. The van der Waals surface area contributed by atoms with E-state index < -0.39 is 0 Å². The van der Waals surface area contributed by atoms with Gasteiger partial charge in [-0.05, 0) is 24.3 Å². The van der Waals surface area contributed by atoms with E-state index in [-0.39, 0.29) is 5.75 Å². The first-order valence-corrected chi connectivity index (χ1v) is 5.51. The first kappa shape index (κ1) is 11.8. The van der Waals surface area contributed by atoms with E-state index in [1.807, 2.05) is 12.1 Å². The zero-order valence-corrected chi connectivity index (χ0v) is 9.72. The first-order valence-electron chi connectivity index (χ1n) is 5.51. The quantitative estimate of drug-likeness (QED) is 0.718. The van der Waals surface area contributed by atoms with Crippen molar-refractivity contribution in [3.8, 4) is 11.8 Å². The molecule has 4 nitrogen and oxygen atoms in total. The van der Waals surface area contributed by atoms with Crippen LogP contribution in [0.25, 0.3) is 0 Å². The summed E-state index contributed by atoms with van der Waals surface area (Å²) >= 11 is 0. The summed E-state index contributed by atoms with van der Waals surface area (Å²) in [7, 11) is 0. The molecule has 90 valence electrons. The fraction of sp³-hybridized carbons (Fsp3) is 0.0714. The van der Waals surface area contributed by atoms with Gasteiger partial charge in [0.05, 0.1) is 11.3 Å². The molecule has 0 saturated carbocycles. The van der Waals surface area contributed by atoms with Crippen LogP contribution < -0.4 is 11.1 Å². The molecule has 0 amide bonds. The highest BCUT2D eigenvalue weighted by Crippen LogP contribution is 2.24. The van der Waals surface area contributed by atoms with Crippen LogP contribution >= 0.6 is 0 Å². The van der Waals surface area contributed by atoms with E-state index in [4.69, 9.17) is 11.0 Å². The predicted molar refractivity (Wildman–Crippen MR) is 71.0 cm³/mol. The highest BCUT2D eigenvalue weighted by molar-refractivity contribution is 5.60.